The number of amides is 1. The van der Waals surface area contributed by atoms with Crippen molar-refractivity contribution in [2.24, 2.45) is 5.92 Å². The lowest BCUT2D eigenvalue weighted by Crippen LogP contribution is -2.40. The summed E-state index contributed by atoms with van der Waals surface area (Å²) in [5.74, 6) is -0.102. The Kier molecular flexibility index (Phi) is 6.38. The van der Waals surface area contributed by atoms with Crippen LogP contribution in [0.4, 0.5) is 0 Å². The summed E-state index contributed by atoms with van der Waals surface area (Å²) in [5, 5.41) is 15.9. The monoisotopic (exact) mass is 281 g/mol. The van der Waals surface area contributed by atoms with E-state index < -0.39 is 0 Å². The van der Waals surface area contributed by atoms with Crippen molar-refractivity contribution in [1.29, 1.82) is 0 Å². The van der Waals surface area contributed by atoms with Gasteiger partial charge in [-0.15, -0.1) is 0 Å². The normalized spacial score (nSPS) is 12.4. The highest BCUT2D eigenvalue weighted by molar-refractivity contribution is 5.92. The van der Waals surface area contributed by atoms with Crippen molar-refractivity contribution in [2.75, 3.05) is 6.61 Å². The Morgan fingerprint density at radius 3 is 2.70 bits per heavy atom. The minimum atomic E-state index is -0.318. The Hall–Kier alpha value is -1.69. The largest absolute Gasteiger partial charge is 0.396 e. The first-order chi connectivity index (χ1) is 9.49. The molecule has 0 aromatic carbocycles. The fourth-order valence-corrected chi connectivity index (χ4v) is 1.90. The van der Waals surface area contributed by atoms with Gasteiger partial charge in [0.05, 0.1) is 0 Å². The number of carbonyl (C=O) groups is 1. The summed E-state index contributed by atoms with van der Waals surface area (Å²) >= 11 is 0. The van der Waals surface area contributed by atoms with Gasteiger partial charge in [0, 0.05) is 25.3 Å². The van der Waals surface area contributed by atoms with Crippen LogP contribution in [0.3, 0.4) is 0 Å². The van der Waals surface area contributed by atoms with Gasteiger partial charge in [-0.2, -0.15) is 5.10 Å². The molecule has 2 N–H and O–H groups in total. The van der Waals surface area contributed by atoms with Crippen LogP contribution >= 0.6 is 0 Å². The third-order valence-electron chi connectivity index (χ3n) is 3.10. The van der Waals surface area contributed by atoms with Gasteiger partial charge in [0.25, 0.3) is 11.5 Å². The maximum Gasteiger partial charge on any atom is 0.271 e. The van der Waals surface area contributed by atoms with Gasteiger partial charge < -0.3 is 10.4 Å². The van der Waals surface area contributed by atoms with E-state index in [-0.39, 0.29) is 35.7 Å². The Bertz CT molecular complexity index is 497. The third kappa shape index (κ3) is 4.45. The number of rotatable bonds is 7. The van der Waals surface area contributed by atoms with Crippen molar-refractivity contribution >= 4 is 5.91 Å². The molecule has 0 saturated heterocycles. The third-order valence-corrected chi connectivity index (χ3v) is 3.10. The van der Waals surface area contributed by atoms with Gasteiger partial charge >= 0.3 is 0 Å². The molecule has 6 heteroatoms. The Morgan fingerprint density at radius 1 is 1.45 bits per heavy atom. The lowest BCUT2D eigenvalue weighted by molar-refractivity contribution is 0.0909. The van der Waals surface area contributed by atoms with Crippen LogP contribution in [0.25, 0.3) is 0 Å². The number of nitrogens with one attached hydrogen (secondary N) is 1. The van der Waals surface area contributed by atoms with E-state index in [9.17, 15) is 9.59 Å². The summed E-state index contributed by atoms with van der Waals surface area (Å²) in [6, 6.07) is 2.68. The second kappa shape index (κ2) is 7.79. The fourth-order valence-electron chi connectivity index (χ4n) is 1.90. The van der Waals surface area contributed by atoms with Crippen LogP contribution < -0.4 is 10.9 Å². The van der Waals surface area contributed by atoms with Crippen LogP contribution in [0.2, 0.25) is 0 Å². The minimum Gasteiger partial charge on any atom is -0.396 e. The number of aliphatic hydroxyl groups is 1. The quantitative estimate of drug-likeness (QED) is 0.774. The van der Waals surface area contributed by atoms with E-state index in [2.05, 4.69) is 10.4 Å². The van der Waals surface area contributed by atoms with E-state index in [1.165, 1.54) is 16.8 Å². The smallest absolute Gasteiger partial charge is 0.271 e. The molecule has 0 aliphatic rings. The molecule has 1 atom stereocenters. The van der Waals surface area contributed by atoms with Crippen molar-refractivity contribution in [3.63, 3.8) is 0 Å². The van der Waals surface area contributed by atoms with Crippen LogP contribution in [0.15, 0.2) is 16.9 Å². The zero-order valence-corrected chi connectivity index (χ0v) is 12.3. The van der Waals surface area contributed by atoms with Crippen molar-refractivity contribution in [1.82, 2.24) is 15.1 Å². The van der Waals surface area contributed by atoms with Gasteiger partial charge in [0.15, 0.2) is 0 Å². The van der Waals surface area contributed by atoms with Crippen LogP contribution in [-0.4, -0.2) is 33.4 Å². The van der Waals surface area contributed by atoms with Crippen molar-refractivity contribution in [3.05, 3.63) is 28.2 Å². The Morgan fingerprint density at radius 2 is 2.15 bits per heavy atom. The van der Waals surface area contributed by atoms with Gasteiger partial charge in [-0.25, -0.2) is 4.68 Å². The van der Waals surface area contributed by atoms with E-state index in [4.69, 9.17) is 5.11 Å². The molecule has 1 aromatic heterocycles. The topological polar surface area (TPSA) is 84.2 Å². The molecule has 0 fully saturated rings. The zero-order valence-electron chi connectivity index (χ0n) is 12.3. The molecular formula is C14H23N3O3. The molecule has 112 valence electrons. The average Bonchev–Trinajstić information content (AvgIpc) is 2.40. The van der Waals surface area contributed by atoms with Crippen molar-refractivity contribution < 1.29 is 9.90 Å². The second-order valence-electron chi connectivity index (χ2n) is 5.12. The summed E-state index contributed by atoms with van der Waals surface area (Å²) < 4.78 is 1.30. The first-order valence-corrected chi connectivity index (χ1v) is 6.99. The summed E-state index contributed by atoms with van der Waals surface area (Å²) in [6.07, 6.45) is 1.27. The van der Waals surface area contributed by atoms with Crippen LogP contribution in [0.1, 0.15) is 44.1 Å². The molecule has 0 aliphatic heterocycles. The number of aryl methyl sites for hydroxylation is 1. The fraction of sp³-hybridized carbons (Fsp3) is 0.643. The highest BCUT2D eigenvalue weighted by Crippen LogP contribution is 2.06. The van der Waals surface area contributed by atoms with E-state index >= 15 is 0 Å². The summed E-state index contributed by atoms with van der Waals surface area (Å²) in [7, 11) is 0. The standard InChI is InChI=1S/C14H23N3O3/c1-4-8-17-13(19)6-5-12(16-17)14(20)15-11(7-9-18)10(2)3/h5-6,10-11,18H,4,7-9H2,1-3H3,(H,15,20). The number of hydrogen-bond donors (Lipinski definition) is 2. The molecule has 1 amide bonds. The highest BCUT2D eigenvalue weighted by Gasteiger charge is 2.18. The number of hydrogen-bond acceptors (Lipinski definition) is 4. The molecule has 1 unspecified atom stereocenters. The lowest BCUT2D eigenvalue weighted by atomic mass is 10.0. The predicted molar refractivity (Wildman–Crippen MR) is 76.6 cm³/mol. The molecule has 0 radical (unpaired) electrons. The summed E-state index contributed by atoms with van der Waals surface area (Å²) in [6.45, 7) is 6.41. The van der Waals surface area contributed by atoms with E-state index in [1.807, 2.05) is 20.8 Å². The zero-order chi connectivity index (χ0) is 15.1. The lowest BCUT2D eigenvalue weighted by Gasteiger charge is -2.21. The molecule has 0 aliphatic carbocycles. The van der Waals surface area contributed by atoms with Crippen LogP contribution in [-0.2, 0) is 6.54 Å². The van der Waals surface area contributed by atoms with E-state index in [0.717, 1.165) is 6.42 Å². The molecular weight excluding hydrogens is 258 g/mol. The number of carbonyl (C=O) groups excluding carboxylic acids is 1. The summed E-state index contributed by atoms with van der Waals surface area (Å²) in [4.78, 5) is 23.7. The summed E-state index contributed by atoms with van der Waals surface area (Å²) in [5.41, 5.74) is 0.0146. The molecule has 0 bridgehead atoms. The maximum atomic E-state index is 12.1. The van der Waals surface area contributed by atoms with E-state index in [0.29, 0.717) is 13.0 Å². The average molecular weight is 281 g/mol. The number of aliphatic hydroxyl groups excluding tert-OH is 1. The molecule has 0 spiro atoms. The molecule has 0 saturated carbocycles. The highest BCUT2D eigenvalue weighted by atomic mass is 16.3. The molecule has 1 heterocycles. The van der Waals surface area contributed by atoms with Crippen molar-refractivity contribution in [2.45, 2.75) is 46.2 Å². The van der Waals surface area contributed by atoms with Gasteiger partial charge in [-0.3, -0.25) is 9.59 Å². The number of nitrogens with zero attached hydrogens (tertiary/aromatic N) is 2. The van der Waals surface area contributed by atoms with E-state index in [1.54, 1.807) is 0 Å². The molecule has 6 nitrogen and oxygen atoms in total. The Balaban J connectivity index is 2.86. The number of aromatic nitrogens is 2. The van der Waals surface area contributed by atoms with Crippen molar-refractivity contribution in [3.8, 4) is 0 Å². The van der Waals surface area contributed by atoms with Gasteiger partial charge in [-0.05, 0) is 24.8 Å². The first kappa shape index (κ1) is 16.4. The Labute approximate surface area is 118 Å². The molecule has 20 heavy (non-hydrogen) atoms. The van der Waals surface area contributed by atoms with Crippen LogP contribution in [0, 0.1) is 5.92 Å². The molecule has 1 rings (SSSR count). The van der Waals surface area contributed by atoms with Gasteiger partial charge in [-0.1, -0.05) is 20.8 Å². The van der Waals surface area contributed by atoms with Gasteiger partial charge in [0.2, 0.25) is 0 Å². The minimum absolute atomic E-state index is 0.0197. The van der Waals surface area contributed by atoms with Gasteiger partial charge in [0.1, 0.15) is 5.69 Å². The molecule has 1 aromatic rings. The van der Waals surface area contributed by atoms with Crippen LogP contribution in [0.5, 0.6) is 0 Å². The predicted octanol–water partition coefficient (Wildman–Crippen LogP) is 0.790. The maximum absolute atomic E-state index is 12.1. The SMILES string of the molecule is CCCn1nc(C(=O)NC(CCO)C(C)C)ccc1=O. The second-order valence-corrected chi connectivity index (χ2v) is 5.12. The first-order valence-electron chi connectivity index (χ1n) is 6.99.